The number of hydrogen-bond acceptors (Lipinski definition) is 7. The van der Waals surface area contributed by atoms with Crippen molar-refractivity contribution < 1.29 is 14.1 Å². The van der Waals surface area contributed by atoms with Crippen LogP contribution in [-0.2, 0) is 12.8 Å². The molecule has 0 amide bonds. The van der Waals surface area contributed by atoms with Crippen LogP contribution in [0.1, 0.15) is 66.6 Å². The van der Waals surface area contributed by atoms with E-state index >= 15 is 0 Å². The van der Waals surface area contributed by atoms with E-state index in [2.05, 4.69) is 17.1 Å². The van der Waals surface area contributed by atoms with Gasteiger partial charge >= 0.3 is 5.76 Å². The summed E-state index contributed by atoms with van der Waals surface area (Å²) in [6.45, 7) is 7.67. The van der Waals surface area contributed by atoms with E-state index in [1.54, 1.807) is 22.8 Å². The van der Waals surface area contributed by atoms with E-state index in [1.807, 2.05) is 69.3 Å². The minimum Gasteiger partial charge on any atom is -0.487 e. The summed E-state index contributed by atoms with van der Waals surface area (Å²) < 4.78 is 12.3. The second-order valence-electron chi connectivity index (χ2n) is 11.5. The summed E-state index contributed by atoms with van der Waals surface area (Å²) in [6.07, 6.45) is 2.21. The summed E-state index contributed by atoms with van der Waals surface area (Å²) in [7, 11) is 0. The molecular formula is C34H32N4NaO5. The Morgan fingerprint density at radius 3 is 2.36 bits per heavy atom. The number of nitrogens with one attached hydrogen (secondary N) is 1. The average molecular weight is 600 g/mol. The van der Waals surface area contributed by atoms with Gasteiger partial charge in [0.2, 0.25) is 0 Å². The van der Waals surface area contributed by atoms with Gasteiger partial charge in [-0.05, 0) is 62.1 Å². The molecule has 0 spiro atoms. The van der Waals surface area contributed by atoms with Crippen LogP contribution in [0.2, 0.25) is 0 Å². The van der Waals surface area contributed by atoms with Crippen molar-refractivity contribution in [3.05, 3.63) is 116 Å². The number of hydrogen-bond donors (Lipinski definition) is 1. The molecule has 1 aliphatic rings. The molecular weight excluding hydrogens is 567 g/mol. The maximum atomic E-state index is 14.1. The third-order valence-electron chi connectivity index (χ3n) is 7.68. The third-order valence-corrected chi connectivity index (χ3v) is 7.68. The van der Waals surface area contributed by atoms with Gasteiger partial charge in [0.1, 0.15) is 17.2 Å². The smallest absolute Gasteiger partial charge is 0.439 e. The molecule has 3 heterocycles. The van der Waals surface area contributed by atoms with Gasteiger partial charge in [0.15, 0.2) is 11.6 Å². The second-order valence-corrected chi connectivity index (χ2v) is 11.5. The molecule has 1 N–H and O–H groups in total. The third kappa shape index (κ3) is 6.13. The zero-order valence-electron chi connectivity index (χ0n) is 25.6. The minimum absolute atomic E-state index is 0. The van der Waals surface area contributed by atoms with E-state index in [-0.39, 0.29) is 47.3 Å². The van der Waals surface area contributed by atoms with Crippen LogP contribution in [0.5, 0.6) is 5.75 Å². The number of carbonyl (C=O) groups is 1. The van der Waals surface area contributed by atoms with Gasteiger partial charge in [0, 0.05) is 47.1 Å². The van der Waals surface area contributed by atoms with E-state index < -0.39 is 11.4 Å². The van der Waals surface area contributed by atoms with Crippen molar-refractivity contribution in [1.82, 2.24) is 19.7 Å². The number of nitrogens with zero attached hydrogens (tertiary/aromatic N) is 3. The second kappa shape index (κ2) is 12.5. The van der Waals surface area contributed by atoms with Crippen molar-refractivity contribution in [2.45, 2.75) is 59.0 Å². The van der Waals surface area contributed by atoms with Crippen molar-refractivity contribution in [3.8, 4) is 34.0 Å². The molecule has 0 atom stereocenters. The van der Waals surface area contributed by atoms with Gasteiger partial charge in [0.25, 0.3) is 5.56 Å². The van der Waals surface area contributed by atoms with Crippen molar-refractivity contribution in [1.29, 1.82) is 0 Å². The molecule has 0 saturated heterocycles. The molecule has 0 fully saturated rings. The van der Waals surface area contributed by atoms with Gasteiger partial charge in [-0.25, -0.2) is 9.78 Å². The molecule has 6 rings (SSSR count). The van der Waals surface area contributed by atoms with Gasteiger partial charge in [-0.1, -0.05) is 67.0 Å². The minimum atomic E-state index is -0.611. The quantitative estimate of drug-likeness (QED) is 0.247. The molecule has 0 saturated carbocycles. The van der Waals surface area contributed by atoms with Crippen LogP contribution in [0.15, 0.2) is 80.8 Å². The molecule has 2 aromatic heterocycles. The summed E-state index contributed by atoms with van der Waals surface area (Å²) in [6, 6.07) is 20.9. The largest absolute Gasteiger partial charge is 0.487 e. The van der Waals surface area contributed by atoms with E-state index in [4.69, 9.17) is 14.2 Å². The molecule has 44 heavy (non-hydrogen) atoms. The summed E-state index contributed by atoms with van der Waals surface area (Å²) in [5.74, 6) is 0.840. The Kier molecular flexibility index (Phi) is 8.92. The fourth-order valence-electron chi connectivity index (χ4n) is 5.72. The Labute approximate surface area is 276 Å². The summed E-state index contributed by atoms with van der Waals surface area (Å²) in [5, 5.41) is 3.84. The van der Waals surface area contributed by atoms with E-state index in [9.17, 15) is 14.4 Å². The Hall–Kier alpha value is -4.05. The Bertz CT molecular complexity index is 1970. The number of rotatable bonds is 7. The number of H-pyrrole nitrogens is 1. The number of Topliss-reactive ketones (excluding diaryl/α,β-unsaturated/α-hetero) is 1. The zero-order valence-corrected chi connectivity index (χ0v) is 27.6. The monoisotopic (exact) mass is 599 g/mol. The maximum Gasteiger partial charge on any atom is 0.439 e. The molecule has 1 radical (unpaired) electrons. The van der Waals surface area contributed by atoms with Gasteiger partial charge in [-0.3, -0.25) is 23.7 Å². The van der Waals surface area contributed by atoms with Gasteiger partial charge < -0.3 is 4.74 Å². The Balaban J connectivity index is 0.00000384. The van der Waals surface area contributed by atoms with Crippen molar-refractivity contribution >= 4 is 35.3 Å². The molecule has 9 nitrogen and oxygen atoms in total. The molecule has 10 heteroatoms. The first-order chi connectivity index (χ1) is 20.6. The number of ketones is 1. The van der Waals surface area contributed by atoms with Crippen molar-refractivity contribution in [3.63, 3.8) is 0 Å². The number of aromatic nitrogens is 4. The van der Waals surface area contributed by atoms with Gasteiger partial charge in [0.05, 0.1) is 23.4 Å². The van der Waals surface area contributed by atoms with Gasteiger partial charge in [-0.15, -0.1) is 0 Å². The van der Waals surface area contributed by atoms with Crippen LogP contribution in [0.3, 0.4) is 0 Å². The molecule has 0 aliphatic carbocycles. The van der Waals surface area contributed by atoms with Crippen molar-refractivity contribution in [2.24, 2.45) is 0 Å². The molecule has 219 valence electrons. The molecule has 0 unspecified atom stereocenters. The number of carbonyl (C=O) groups excluding carboxylic acids is 1. The summed E-state index contributed by atoms with van der Waals surface area (Å²) in [4.78, 5) is 46.0. The predicted octanol–water partition coefficient (Wildman–Crippen LogP) is 5.46. The molecule has 1 aliphatic heterocycles. The molecule has 0 bridgehead atoms. The average Bonchev–Trinajstić information content (AvgIpc) is 3.41. The van der Waals surface area contributed by atoms with E-state index in [0.717, 1.165) is 34.4 Å². The molecule has 5 aromatic rings. The fraction of sp³-hybridized carbons (Fsp3) is 0.265. The summed E-state index contributed by atoms with van der Waals surface area (Å²) in [5.41, 5.74) is 5.28. The number of fused-ring (bicyclic) bond motifs is 1. The SMILES string of the molecule is CCCc1nc(C)n(-c2ccc3c(c2)C(=O)CC(C)(C)O3)c(=O)c1Cc1ccc(-c2ccccc2-c2noc(=O)[nH]2)cc1.[Na]. The topological polar surface area (TPSA) is 120 Å². The standard InChI is InChI=1S/C34H32N4O5.Na/c1-5-8-28-26(17-21-11-13-22(14-12-21)24-9-6-7-10-25(24)31-36-33(41)43-37-31)32(40)38(20(2)35-28)23-15-16-30-27(18-23)29(39)19-34(3,4)42-30;/h6-7,9-16,18H,5,8,17,19H2,1-4H3,(H,36,37,41);. The van der Waals surface area contributed by atoms with E-state index in [1.165, 1.54) is 0 Å². The fourth-order valence-corrected chi connectivity index (χ4v) is 5.72. The normalized spacial score (nSPS) is 13.6. The van der Waals surface area contributed by atoms with Crippen LogP contribution < -0.4 is 16.1 Å². The summed E-state index contributed by atoms with van der Waals surface area (Å²) >= 11 is 0. The van der Waals surface area contributed by atoms with Crippen LogP contribution in [0, 0.1) is 6.92 Å². The van der Waals surface area contributed by atoms with Crippen molar-refractivity contribution in [2.75, 3.05) is 0 Å². The van der Waals surface area contributed by atoms with Crippen LogP contribution >= 0.6 is 0 Å². The van der Waals surface area contributed by atoms with Gasteiger partial charge in [-0.2, -0.15) is 0 Å². The Morgan fingerprint density at radius 2 is 1.68 bits per heavy atom. The number of aryl methyl sites for hydroxylation is 2. The zero-order chi connectivity index (χ0) is 30.3. The number of aromatic amines is 1. The molecule has 3 aromatic carbocycles. The van der Waals surface area contributed by atoms with Crippen LogP contribution in [0.4, 0.5) is 0 Å². The first-order valence-corrected chi connectivity index (χ1v) is 14.4. The first-order valence-electron chi connectivity index (χ1n) is 14.4. The van der Waals surface area contributed by atoms with Crippen LogP contribution in [0.25, 0.3) is 28.2 Å². The first kappa shape index (κ1) is 31.4. The van der Waals surface area contributed by atoms with E-state index in [0.29, 0.717) is 47.1 Å². The number of ether oxygens (including phenoxy) is 1. The number of benzene rings is 3. The van der Waals surface area contributed by atoms with Crippen LogP contribution in [-0.4, -0.2) is 60.6 Å². The Morgan fingerprint density at radius 1 is 0.955 bits per heavy atom. The predicted molar refractivity (Wildman–Crippen MR) is 169 cm³/mol. The maximum absolute atomic E-state index is 14.1.